The number of carbonyl (C=O) groups is 1. The first kappa shape index (κ1) is 19.3. The predicted molar refractivity (Wildman–Crippen MR) is 102 cm³/mol. The van der Waals surface area contributed by atoms with E-state index >= 15 is 0 Å². The number of halogens is 1. The highest BCUT2D eigenvalue weighted by molar-refractivity contribution is 5.85. The number of hydrogen-bond acceptors (Lipinski definition) is 2. The molecule has 1 aromatic carbocycles. The van der Waals surface area contributed by atoms with Gasteiger partial charge < -0.3 is 10.2 Å². The summed E-state index contributed by atoms with van der Waals surface area (Å²) in [4.78, 5) is 15.0. The van der Waals surface area contributed by atoms with Crippen LogP contribution in [0.25, 0.3) is 0 Å². The molecule has 1 N–H and O–H groups in total. The lowest BCUT2D eigenvalue weighted by atomic mass is 9.84. The molecule has 2 heterocycles. The molecule has 2 aliphatic rings. The third kappa shape index (κ3) is 4.97. The van der Waals surface area contributed by atoms with Gasteiger partial charge in [0.25, 0.3) is 0 Å². The van der Waals surface area contributed by atoms with Crippen LogP contribution in [-0.4, -0.2) is 36.5 Å². The fourth-order valence-corrected chi connectivity index (χ4v) is 4.24. The third-order valence-electron chi connectivity index (χ3n) is 5.70. The highest BCUT2D eigenvalue weighted by Crippen LogP contribution is 2.28. The lowest BCUT2D eigenvalue weighted by molar-refractivity contribution is -0.133. The van der Waals surface area contributed by atoms with Gasteiger partial charge in [0.05, 0.1) is 0 Å². The molecule has 0 radical (unpaired) electrons. The molecule has 24 heavy (non-hydrogen) atoms. The predicted octanol–water partition coefficient (Wildman–Crippen LogP) is 3.67. The molecule has 3 nitrogen and oxygen atoms in total. The summed E-state index contributed by atoms with van der Waals surface area (Å²) in [5.41, 5.74) is 1.35. The van der Waals surface area contributed by atoms with Crippen LogP contribution in [0.3, 0.4) is 0 Å². The molecular weight excluding hydrogens is 320 g/mol. The highest BCUT2D eigenvalue weighted by atomic mass is 35.5. The summed E-state index contributed by atoms with van der Waals surface area (Å²) in [6, 6.07) is 11.0. The maximum absolute atomic E-state index is 12.8. The molecule has 3 rings (SSSR count). The zero-order valence-corrected chi connectivity index (χ0v) is 15.6. The number of hydrogen-bond donors (Lipinski definition) is 1. The van der Waals surface area contributed by atoms with Crippen LogP contribution in [0.15, 0.2) is 30.3 Å². The fourth-order valence-electron chi connectivity index (χ4n) is 4.24. The van der Waals surface area contributed by atoms with Gasteiger partial charge in [0.15, 0.2) is 0 Å². The van der Waals surface area contributed by atoms with Gasteiger partial charge in [-0.2, -0.15) is 0 Å². The highest BCUT2D eigenvalue weighted by Gasteiger charge is 2.31. The topological polar surface area (TPSA) is 32.3 Å². The summed E-state index contributed by atoms with van der Waals surface area (Å²) >= 11 is 0. The van der Waals surface area contributed by atoms with Crippen molar-refractivity contribution in [3.8, 4) is 0 Å². The maximum atomic E-state index is 12.8. The van der Waals surface area contributed by atoms with E-state index in [9.17, 15) is 4.79 Å². The zero-order chi connectivity index (χ0) is 16.1. The van der Waals surface area contributed by atoms with Crippen molar-refractivity contribution in [2.45, 2.75) is 51.5 Å². The Balaban J connectivity index is 0.00000208. The van der Waals surface area contributed by atoms with Crippen LogP contribution < -0.4 is 5.32 Å². The quantitative estimate of drug-likeness (QED) is 0.878. The lowest BCUT2D eigenvalue weighted by Gasteiger charge is -2.31. The van der Waals surface area contributed by atoms with E-state index in [2.05, 4.69) is 47.5 Å². The van der Waals surface area contributed by atoms with E-state index in [1.54, 1.807) is 0 Å². The van der Waals surface area contributed by atoms with Crippen molar-refractivity contribution in [2.24, 2.45) is 11.8 Å². The number of piperidine rings is 1. The number of likely N-dealkylation sites (tertiary alicyclic amines) is 1. The second-order valence-electron chi connectivity index (χ2n) is 7.34. The van der Waals surface area contributed by atoms with E-state index < -0.39 is 0 Å². The van der Waals surface area contributed by atoms with Gasteiger partial charge in [-0.3, -0.25) is 4.79 Å². The third-order valence-corrected chi connectivity index (χ3v) is 5.70. The first-order chi connectivity index (χ1) is 11.2. The molecule has 2 fully saturated rings. The first-order valence-corrected chi connectivity index (χ1v) is 9.28. The number of nitrogens with zero attached hydrogens (tertiary/aromatic N) is 1. The number of rotatable bonds is 5. The van der Waals surface area contributed by atoms with Crippen molar-refractivity contribution in [1.82, 2.24) is 10.2 Å². The standard InChI is InChI=1S/C20H30N2O.ClH/c1-16(18-9-11-21-12-10-18)14-20(23)22-13-5-8-19(22)15-17-6-3-2-4-7-17;/h2-4,6-7,16,18-19,21H,5,8-15H2,1H3;1H. The molecule has 2 unspecified atom stereocenters. The number of benzene rings is 1. The molecule has 1 aromatic rings. The van der Waals surface area contributed by atoms with Crippen molar-refractivity contribution in [3.63, 3.8) is 0 Å². The molecular formula is C20H31ClN2O. The molecule has 1 amide bonds. The smallest absolute Gasteiger partial charge is 0.223 e. The SMILES string of the molecule is CC(CC(=O)N1CCCC1Cc1ccccc1)C1CCNCC1.Cl. The molecule has 0 aromatic heterocycles. The summed E-state index contributed by atoms with van der Waals surface area (Å²) in [7, 11) is 0. The number of carbonyl (C=O) groups excluding carboxylic acids is 1. The monoisotopic (exact) mass is 350 g/mol. The Bertz CT molecular complexity index is 502. The minimum Gasteiger partial charge on any atom is -0.339 e. The van der Waals surface area contributed by atoms with Crippen molar-refractivity contribution >= 4 is 18.3 Å². The van der Waals surface area contributed by atoms with Gasteiger partial charge in [-0.25, -0.2) is 0 Å². The number of nitrogens with one attached hydrogen (secondary N) is 1. The van der Waals surface area contributed by atoms with Crippen LogP contribution in [0.5, 0.6) is 0 Å². The van der Waals surface area contributed by atoms with Crippen molar-refractivity contribution in [2.75, 3.05) is 19.6 Å². The Morgan fingerprint density at radius 1 is 1.21 bits per heavy atom. The molecule has 0 aliphatic carbocycles. The maximum Gasteiger partial charge on any atom is 0.223 e. The lowest BCUT2D eigenvalue weighted by Crippen LogP contribution is -2.39. The van der Waals surface area contributed by atoms with Crippen molar-refractivity contribution in [1.29, 1.82) is 0 Å². The molecule has 2 atom stereocenters. The molecule has 2 aliphatic heterocycles. The Hall–Kier alpha value is -1.06. The summed E-state index contributed by atoms with van der Waals surface area (Å²) in [6.45, 7) is 5.46. The normalized spacial score (nSPS) is 22.9. The van der Waals surface area contributed by atoms with Gasteiger partial charge >= 0.3 is 0 Å². The van der Waals surface area contributed by atoms with Crippen LogP contribution in [0.1, 0.15) is 44.6 Å². The van der Waals surface area contributed by atoms with E-state index in [0.717, 1.165) is 51.2 Å². The van der Waals surface area contributed by atoms with Gasteiger partial charge in [0.1, 0.15) is 0 Å². The molecule has 4 heteroatoms. The first-order valence-electron chi connectivity index (χ1n) is 9.28. The van der Waals surface area contributed by atoms with Crippen LogP contribution in [0.4, 0.5) is 0 Å². The van der Waals surface area contributed by atoms with E-state index in [0.29, 0.717) is 17.9 Å². The van der Waals surface area contributed by atoms with E-state index in [1.807, 2.05) is 0 Å². The summed E-state index contributed by atoms with van der Waals surface area (Å²) in [6.07, 6.45) is 6.50. The minimum absolute atomic E-state index is 0. The van der Waals surface area contributed by atoms with E-state index in [1.165, 1.54) is 18.4 Å². The Labute approximate surface area is 152 Å². The second kappa shape index (κ2) is 9.43. The summed E-state index contributed by atoms with van der Waals surface area (Å²) in [5, 5.41) is 3.42. The van der Waals surface area contributed by atoms with Gasteiger partial charge in [0, 0.05) is 19.0 Å². The van der Waals surface area contributed by atoms with Gasteiger partial charge in [-0.1, -0.05) is 37.3 Å². The summed E-state index contributed by atoms with van der Waals surface area (Å²) in [5.74, 6) is 1.62. The average Bonchev–Trinajstić information content (AvgIpc) is 3.05. The Kier molecular flexibility index (Phi) is 7.57. The molecule has 0 spiro atoms. The average molecular weight is 351 g/mol. The molecule has 2 saturated heterocycles. The minimum atomic E-state index is 0. The fraction of sp³-hybridized carbons (Fsp3) is 0.650. The molecule has 0 bridgehead atoms. The van der Waals surface area contributed by atoms with Gasteiger partial charge in [0.2, 0.25) is 5.91 Å². The van der Waals surface area contributed by atoms with Crippen LogP contribution in [0, 0.1) is 11.8 Å². The van der Waals surface area contributed by atoms with Crippen molar-refractivity contribution < 1.29 is 4.79 Å². The molecule has 134 valence electrons. The zero-order valence-electron chi connectivity index (χ0n) is 14.7. The van der Waals surface area contributed by atoms with Crippen LogP contribution in [-0.2, 0) is 11.2 Å². The Morgan fingerprint density at radius 2 is 1.92 bits per heavy atom. The largest absolute Gasteiger partial charge is 0.339 e. The molecule has 0 saturated carbocycles. The van der Waals surface area contributed by atoms with Gasteiger partial charge in [-0.15, -0.1) is 12.4 Å². The van der Waals surface area contributed by atoms with Crippen LogP contribution in [0.2, 0.25) is 0 Å². The summed E-state index contributed by atoms with van der Waals surface area (Å²) < 4.78 is 0. The second-order valence-corrected chi connectivity index (χ2v) is 7.34. The van der Waals surface area contributed by atoms with Crippen molar-refractivity contribution in [3.05, 3.63) is 35.9 Å². The van der Waals surface area contributed by atoms with Gasteiger partial charge in [-0.05, 0) is 62.6 Å². The Morgan fingerprint density at radius 3 is 2.62 bits per heavy atom. The van der Waals surface area contributed by atoms with E-state index in [4.69, 9.17) is 0 Å². The van der Waals surface area contributed by atoms with E-state index in [-0.39, 0.29) is 12.4 Å². The number of amides is 1. The van der Waals surface area contributed by atoms with Crippen LogP contribution >= 0.6 is 12.4 Å².